The maximum absolute atomic E-state index is 11.2. The number of hydrogen-bond acceptors (Lipinski definition) is 2. The van der Waals surface area contributed by atoms with Crippen molar-refractivity contribution in [2.24, 2.45) is 0 Å². The van der Waals surface area contributed by atoms with Crippen molar-refractivity contribution in [1.82, 2.24) is 0 Å². The Kier molecular flexibility index (Phi) is 3.45. The minimum atomic E-state index is -0.0954. The summed E-state index contributed by atoms with van der Waals surface area (Å²) in [6, 6.07) is 5.61. The van der Waals surface area contributed by atoms with Crippen molar-refractivity contribution in [2.75, 3.05) is 0 Å². The topological polar surface area (TPSA) is 40.9 Å². The minimum Gasteiger partial charge on any atom is -0.294 e. The van der Waals surface area contributed by atoms with Gasteiger partial charge in [0.1, 0.15) is 6.07 Å². The number of nitrogens with zero attached hydrogens (tertiary/aromatic N) is 1. The molecule has 0 amide bonds. The maximum atomic E-state index is 11.2. The van der Waals surface area contributed by atoms with Gasteiger partial charge in [0.05, 0.1) is 11.1 Å². The van der Waals surface area contributed by atoms with Crippen molar-refractivity contribution in [2.45, 2.75) is 6.92 Å². The number of carbonyl (C=O) groups is 1. The Balaban J connectivity index is 3.55. The summed E-state index contributed by atoms with van der Waals surface area (Å²) in [4.78, 5) is 11.2. The zero-order chi connectivity index (χ0) is 10.0. The molecule has 13 heavy (non-hydrogen) atoms. The van der Waals surface area contributed by atoms with Gasteiger partial charge in [-0.15, -0.1) is 0 Å². The molecule has 0 N–H and O–H groups in total. The summed E-state index contributed by atoms with van der Waals surface area (Å²) in [5, 5.41) is 8.84. The van der Waals surface area contributed by atoms with Crippen LogP contribution in [0.15, 0.2) is 16.6 Å². The molecular formula is C9H5BrINO. The van der Waals surface area contributed by atoms with E-state index in [0.29, 0.717) is 15.6 Å². The van der Waals surface area contributed by atoms with Gasteiger partial charge in [0.2, 0.25) is 0 Å². The summed E-state index contributed by atoms with van der Waals surface area (Å²) in [5.41, 5.74) is 0.914. The molecule has 0 fully saturated rings. The molecule has 0 spiro atoms. The SMILES string of the molecule is CC(=O)c1c(Br)ccc(I)c1C#N. The fourth-order valence-electron chi connectivity index (χ4n) is 1.01. The molecule has 1 rings (SSSR count). The van der Waals surface area contributed by atoms with Crippen LogP contribution in [-0.4, -0.2) is 5.78 Å². The minimum absolute atomic E-state index is 0.0954. The van der Waals surface area contributed by atoms with E-state index in [1.54, 1.807) is 12.1 Å². The number of benzene rings is 1. The number of halogens is 2. The maximum Gasteiger partial charge on any atom is 0.162 e. The Morgan fingerprint density at radius 1 is 1.62 bits per heavy atom. The van der Waals surface area contributed by atoms with Crippen LogP contribution in [0.1, 0.15) is 22.8 Å². The number of ketones is 1. The summed E-state index contributed by atoms with van der Waals surface area (Å²) in [5.74, 6) is -0.0954. The van der Waals surface area contributed by atoms with Gasteiger partial charge in [-0.2, -0.15) is 5.26 Å². The summed E-state index contributed by atoms with van der Waals surface area (Å²) in [6.07, 6.45) is 0. The van der Waals surface area contributed by atoms with E-state index in [1.165, 1.54) is 6.92 Å². The van der Waals surface area contributed by atoms with Gasteiger partial charge in [-0.1, -0.05) is 0 Å². The lowest BCUT2D eigenvalue weighted by Crippen LogP contribution is -2.00. The monoisotopic (exact) mass is 349 g/mol. The van der Waals surface area contributed by atoms with E-state index in [1.807, 2.05) is 28.7 Å². The molecule has 1 aromatic carbocycles. The highest BCUT2D eigenvalue weighted by Gasteiger charge is 2.13. The van der Waals surface area contributed by atoms with E-state index in [4.69, 9.17) is 5.26 Å². The normalized spacial score (nSPS) is 9.38. The van der Waals surface area contributed by atoms with Gasteiger partial charge in [-0.05, 0) is 57.6 Å². The van der Waals surface area contributed by atoms with Gasteiger partial charge in [-0.25, -0.2) is 0 Å². The molecule has 0 heterocycles. The second-order valence-electron chi connectivity index (χ2n) is 2.45. The molecule has 0 aromatic heterocycles. The first-order valence-corrected chi connectivity index (χ1v) is 5.34. The predicted octanol–water partition coefficient (Wildman–Crippen LogP) is 3.13. The zero-order valence-electron chi connectivity index (χ0n) is 6.77. The number of Topliss-reactive ketones (excluding diaryl/α,β-unsaturated/α-hetero) is 1. The number of hydrogen-bond donors (Lipinski definition) is 0. The highest BCUT2D eigenvalue weighted by Crippen LogP contribution is 2.24. The van der Waals surface area contributed by atoms with E-state index in [2.05, 4.69) is 15.9 Å². The lowest BCUT2D eigenvalue weighted by molar-refractivity contribution is 0.101. The molecule has 0 aliphatic heterocycles. The third-order valence-electron chi connectivity index (χ3n) is 1.57. The van der Waals surface area contributed by atoms with E-state index < -0.39 is 0 Å². The van der Waals surface area contributed by atoms with Crippen LogP contribution in [0.2, 0.25) is 0 Å². The van der Waals surface area contributed by atoms with E-state index in [9.17, 15) is 4.79 Å². The van der Waals surface area contributed by atoms with Crippen molar-refractivity contribution in [3.05, 3.63) is 31.3 Å². The average Bonchev–Trinajstić information content (AvgIpc) is 2.07. The first-order chi connectivity index (χ1) is 6.07. The van der Waals surface area contributed by atoms with Crippen LogP contribution in [0.25, 0.3) is 0 Å². The molecule has 4 heteroatoms. The number of carbonyl (C=O) groups excluding carboxylic acids is 1. The Bertz CT molecular complexity index is 409. The molecule has 0 saturated carbocycles. The molecule has 66 valence electrons. The molecular weight excluding hydrogens is 345 g/mol. The van der Waals surface area contributed by atoms with Crippen molar-refractivity contribution in [3.8, 4) is 6.07 Å². The van der Waals surface area contributed by atoms with Crippen LogP contribution in [0, 0.1) is 14.9 Å². The molecule has 0 unspecified atom stereocenters. The van der Waals surface area contributed by atoms with Gasteiger partial charge in [-0.3, -0.25) is 4.79 Å². The Morgan fingerprint density at radius 2 is 2.23 bits per heavy atom. The van der Waals surface area contributed by atoms with Crippen LogP contribution in [-0.2, 0) is 0 Å². The smallest absolute Gasteiger partial charge is 0.162 e. The van der Waals surface area contributed by atoms with Crippen molar-refractivity contribution < 1.29 is 4.79 Å². The molecule has 0 bridgehead atoms. The van der Waals surface area contributed by atoms with Crippen molar-refractivity contribution >= 4 is 44.3 Å². The zero-order valence-corrected chi connectivity index (χ0v) is 10.5. The first-order valence-electron chi connectivity index (χ1n) is 3.47. The largest absolute Gasteiger partial charge is 0.294 e. The lowest BCUT2D eigenvalue weighted by Gasteiger charge is -2.03. The fraction of sp³-hybridized carbons (Fsp3) is 0.111. The third kappa shape index (κ3) is 2.09. The number of rotatable bonds is 1. The Hall–Kier alpha value is -0.410. The highest BCUT2D eigenvalue weighted by molar-refractivity contribution is 14.1. The van der Waals surface area contributed by atoms with Crippen LogP contribution < -0.4 is 0 Å². The molecule has 0 atom stereocenters. The van der Waals surface area contributed by atoms with Gasteiger partial charge in [0.25, 0.3) is 0 Å². The molecule has 0 aliphatic rings. The van der Waals surface area contributed by atoms with Gasteiger partial charge < -0.3 is 0 Å². The number of nitriles is 1. The van der Waals surface area contributed by atoms with Crippen molar-refractivity contribution in [3.63, 3.8) is 0 Å². The molecule has 0 aliphatic carbocycles. The quantitative estimate of drug-likeness (QED) is 0.577. The molecule has 0 radical (unpaired) electrons. The molecule has 1 aromatic rings. The average molecular weight is 350 g/mol. The van der Waals surface area contributed by atoms with Crippen LogP contribution in [0.5, 0.6) is 0 Å². The fourth-order valence-corrected chi connectivity index (χ4v) is 2.19. The summed E-state index contributed by atoms with van der Waals surface area (Å²) >= 11 is 5.29. The lowest BCUT2D eigenvalue weighted by atomic mass is 10.1. The standard InChI is InChI=1S/C9H5BrINO/c1-5(13)9-6(4-12)8(11)3-2-7(9)10/h2-3H,1H3. The summed E-state index contributed by atoms with van der Waals surface area (Å²) in [7, 11) is 0. The van der Waals surface area contributed by atoms with Crippen LogP contribution >= 0.6 is 38.5 Å². The summed E-state index contributed by atoms with van der Waals surface area (Å²) in [6.45, 7) is 1.46. The van der Waals surface area contributed by atoms with E-state index in [-0.39, 0.29) is 5.78 Å². The second kappa shape index (κ2) is 4.20. The molecule has 0 saturated heterocycles. The predicted molar refractivity (Wildman–Crippen MR) is 61.6 cm³/mol. The summed E-state index contributed by atoms with van der Waals surface area (Å²) < 4.78 is 1.48. The van der Waals surface area contributed by atoms with E-state index >= 15 is 0 Å². The van der Waals surface area contributed by atoms with Gasteiger partial charge in [0.15, 0.2) is 5.78 Å². The van der Waals surface area contributed by atoms with Gasteiger partial charge in [0, 0.05) is 8.04 Å². The highest BCUT2D eigenvalue weighted by atomic mass is 127. The van der Waals surface area contributed by atoms with E-state index in [0.717, 1.165) is 3.57 Å². The van der Waals surface area contributed by atoms with Crippen LogP contribution in [0.4, 0.5) is 0 Å². The Labute approximate surface area is 98.2 Å². The second-order valence-corrected chi connectivity index (χ2v) is 4.46. The first kappa shape index (κ1) is 10.7. The van der Waals surface area contributed by atoms with Gasteiger partial charge >= 0.3 is 0 Å². The molecule has 2 nitrogen and oxygen atoms in total. The van der Waals surface area contributed by atoms with Crippen LogP contribution in [0.3, 0.4) is 0 Å². The van der Waals surface area contributed by atoms with Crippen molar-refractivity contribution in [1.29, 1.82) is 5.26 Å². The Morgan fingerprint density at radius 3 is 2.62 bits per heavy atom. The third-order valence-corrected chi connectivity index (χ3v) is 3.13.